The molecule has 112 valence electrons. The van der Waals surface area contributed by atoms with E-state index >= 15 is 0 Å². The van der Waals surface area contributed by atoms with Crippen LogP contribution in [0.3, 0.4) is 0 Å². The Kier molecular flexibility index (Phi) is 3.55. The zero-order chi connectivity index (χ0) is 15.7. The zero-order valence-electron chi connectivity index (χ0n) is 12.1. The van der Waals surface area contributed by atoms with E-state index in [0.29, 0.717) is 22.4 Å². The van der Waals surface area contributed by atoms with Gasteiger partial charge < -0.3 is 14.5 Å². The number of rotatable bonds is 3. The topological polar surface area (TPSA) is 51.5 Å². The molecule has 0 radical (unpaired) electrons. The highest BCUT2D eigenvalue weighted by molar-refractivity contribution is 6.07. The van der Waals surface area contributed by atoms with E-state index in [4.69, 9.17) is 9.15 Å². The number of anilines is 1. The molecule has 2 aromatic carbocycles. The summed E-state index contributed by atoms with van der Waals surface area (Å²) in [4.78, 5) is 12.4. The Bertz CT molecular complexity index is 854. The molecule has 1 amide bonds. The fourth-order valence-corrected chi connectivity index (χ4v) is 2.35. The van der Waals surface area contributed by atoms with Gasteiger partial charge in [0.25, 0.3) is 5.91 Å². The molecule has 0 aliphatic carbocycles. The SMILES string of the molecule is COc1ccccc1NC(=O)c1oc2c(F)cccc2c1C. The average molecular weight is 299 g/mol. The van der Waals surface area contributed by atoms with Gasteiger partial charge in [-0.15, -0.1) is 0 Å². The number of halogens is 1. The van der Waals surface area contributed by atoms with Gasteiger partial charge in [-0.1, -0.05) is 24.3 Å². The molecule has 0 fully saturated rings. The smallest absolute Gasteiger partial charge is 0.291 e. The summed E-state index contributed by atoms with van der Waals surface area (Å²) in [5, 5.41) is 3.31. The van der Waals surface area contributed by atoms with Crippen LogP contribution in [0, 0.1) is 12.7 Å². The molecular formula is C17H14FNO3. The third kappa shape index (κ3) is 2.30. The van der Waals surface area contributed by atoms with Crippen molar-refractivity contribution < 1.29 is 18.3 Å². The lowest BCUT2D eigenvalue weighted by Crippen LogP contribution is -2.12. The molecule has 0 aliphatic heterocycles. The highest BCUT2D eigenvalue weighted by Gasteiger charge is 2.20. The second kappa shape index (κ2) is 5.52. The molecule has 22 heavy (non-hydrogen) atoms. The van der Waals surface area contributed by atoms with E-state index in [9.17, 15) is 9.18 Å². The van der Waals surface area contributed by atoms with Crippen molar-refractivity contribution in [3.8, 4) is 5.75 Å². The van der Waals surface area contributed by atoms with Crippen molar-refractivity contribution in [3.63, 3.8) is 0 Å². The summed E-state index contributed by atoms with van der Waals surface area (Å²) in [6.07, 6.45) is 0. The van der Waals surface area contributed by atoms with E-state index in [1.165, 1.54) is 13.2 Å². The lowest BCUT2D eigenvalue weighted by molar-refractivity contribution is 0.0997. The largest absolute Gasteiger partial charge is 0.495 e. The first-order valence-electron chi connectivity index (χ1n) is 6.74. The van der Waals surface area contributed by atoms with Gasteiger partial charge in [-0.25, -0.2) is 4.39 Å². The minimum absolute atomic E-state index is 0.0881. The van der Waals surface area contributed by atoms with Crippen LogP contribution in [0.2, 0.25) is 0 Å². The Balaban J connectivity index is 1.99. The number of amides is 1. The number of hydrogen-bond donors (Lipinski definition) is 1. The monoisotopic (exact) mass is 299 g/mol. The standard InChI is InChI=1S/C17H14FNO3/c1-10-11-6-5-7-12(18)16(11)22-15(10)17(20)19-13-8-3-4-9-14(13)21-2/h3-9H,1-2H3,(H,19,20). The molecular weight excluding hydrogens is 285 g/mol. The van der Waals surface area contributed by atoms with Crippen LogP contribution in [-0.4, -0.2) is 13.0 Å². The maximum Gasteiger partial charge on any atom is 0.291 e. The predicted molar refractivity (Wildman–Crippen MR) is 81.9 cm³/mol. The summed E-state index contributed by atoms with van der Waals surface area (Å²) < 4.78 is 24.3. The van der Waals surface area contributed by atoms with E-state index in [0.717, 1.165) is 0 Å². The molecule has 5 heteroatoms. The Hall–Kier alpha value is -2.82. The fourth-order valence-electron chi connectivity index (χ4n) is 2.35. The molecule has 3 rings (SSSR count). The number of furan rings is 1. The van der Waals surface area contributed by atoms with Gasteiger partial charge in [-0.2, -0.15) is 0 Å². The van der Waals surface area contributed by atoms with Crippen molar-refractivity contribution in [2.45, 2.75) is 6.92 Å². The summed E-state index contributed by atoms with van der Waals surface area (Å²) in [7, 11) is 1.52. The van der Waals surface area contributed by atoms with E-state index in [2.05, 4.69) is 5.32 Å². The molecule has 0 saturated heterocycles. The normalized spacial score (nSPS) is 10.7. The molecule has 3 aromatic rings. The zero-order valence-corrected chi connectivity index (χ0v) is 12.1. The Morgan fingerprint density at radius 2 is 1.95 bits per heavy atom. The average Bonchev–Trinajstić information content (AvgIpc) is 2.87. The molecule has 0 saturated carbocycles. The van der Waals surface area contributed by atoms with Gasteiger partial charge in [0.05, 0.1) is 12.8 Å². The number of fused-ring (bicyclic) bond motifs is 1. The Labute approximate surface area is 126 Å². The van der Waals surface area contributed by atoms with Crippen LogP contribution in [0.25, 0.3) is 11.0 Å². The van der Waals surface area contributed by atoms with Gasteiger partial charge in [-0.05, 0) is 25.1 Å². The lowest BCUT2D eigenvalue weighted by Gasteiger charge is -2.08. The van der Waals surface area contributed by atoms with Gasteiger partial charge in [0.1, 0.15) is 5.75 Å². The van der Waals surface area contributed by atoms with Gasteiger partial charge in [0.15, 0.2) is 17.2 Å². The van der Waals surface area contributed by atoms with Gasteiger partial charge in [0, 0.05) is 10.9 Å². The first kappa shape index (κ1) is 14.1. The van der Waals surface area contributed by atoms with Crippen molar-refractivity contribution in [3.05, 3.63) is 59.6 Å². The van der Waals surface area contributed by atoms with E-state index in [1.54, 1.807) is 43.3 Å². The summed E-state index contributed by atoms with van der Waals surface area (Å²) in [6.45, 7) is 1.72. The van der Waals surface area contributed by atoms with Crippen LogP contribution in [0.5, 0.6) is 5.75 Å². The van der Waals surface area contributed by atoms with Crippen LogP contribution < -0.4 is 10.1 Å². The highest BCUT2D eigenvalue weighted by atomic mass is 19.1. The molecule has 0 atom stereocenters. The summed E-state index contributed by atoms with van der Waals surface area (Å²) >= 11 is 0. The highest BCUT2D eigenvalue weighted by Crippen LogP contribution is 2.29. The molecule has 0 aliphatic rings. The third-order valence-corrected chi connectivity index (χ3v) is 3.48. The first-order chi connectivity index (χ1) is 10.6. The lowest BCUT2D eigenvalue weighted by atomic mass is 10.1. The van der Waals surface area contributed by atoms with Crippen molar-refractivity contribution in [2.75, 3.05) is 12.4 Å². The van der Waals surface area contributed by atoms with Gasteiger partial charge in [-0.3, -0.25) is 4.79 Å². The Morgan fingerprint density at radius 1 is 1.18 bits per heavy atom. The number of aryl methyl sites for hydroxylation is 1. The maximum absolute atomic E-state index is 13.7. The first-order valence-corrected chi connectivity index (χ1v) is 6.74. The molecule has 0 bridgehead atoms. The second-order valence-electron chi connectivity index (χ2n) is 4.83. The molecule has 0 spiro atoms. The number of benzene rings is 2. The van der Waals surface area contributed by atoms with E-state index < -0.39 is 11.7 Å². The number of para-hydroxylation sites is 3. The summed E-state index contributed by atoms with van der Waals surface area (Å²) in [5.41, 5.74) is 1.21. The van der Waals surface area contributed by atoms with Crippen LogP contribution in [0.15, 0.2) is 46.9 Å². The number of carbonyl (C=O) groups is 1. The fraction of sp³-hybridized carbons (Fsp3) is 0.118. The molecule has 1 N–H and O–H groups in total. The van der Waals surface area contributed by atoms with Crippen molar-refractivity contribution in [1.82, 2.24) is 0 Å². The number of methoxy groups -OCH3 is 1. The van der Waals surface area contributed by atoms with Crippen molar-refractivity contribution in [2.24, 2.45) is 0 Å². The molecule has 4 nitrogen and oxygen atoms in total. The van der Waals surface area contributed by atoms with Gasteiger partial charge >= 0.3 is 0 Å². The minimum atomic E-state index is -0.489. The number of hydrogen-bond acceptors (Lipinski definition) is 3. The molecule has 1 aromatic heterocycles. The minimum Gasteiger partial charge on any atom is -0.495 e. The molecule has 1 heterocycles. The van der Waals surface area contributed by atoms with Crippen LogP contribution >= 0.6 is 0 Å². The number of ether oxygens (including phenoxy) is 1. The maximum atomic E-state index is 13.7. The van der Waals surface area contributed by atoms with E-state index in [-0.39, 0.29) is 11.3 Å². The second-order valence-corrected chi connectivity index (χ2v) is 4.83. The quantitative estimate of drug-likeness (QED) is 0.790. The third-order valence-electron chi connectivity index (χ3n) is 3.48. The summed E-state index contributed by atoms with van der Waals surface area (Å²) in [5.74, 6) is -0.309. The van der Waals surface area contributed by atoms with Crippen LogP contribution in [-0.2, 0) is 0 Å². The predicted octanol–water partition coefficient (Wildman–Crippen LogP) is 4.14. The molecule has 0 unspecified atom stereocenters. The van der Waals surface area contributed by atoms with Crippen LogP contribution in [0.1, 0.15) is 16.1 Å². The summed E-state index contributed by atoms with van der Waals surface area (Å²) in [6, 6.07) is 11.6. The Morgan fingerprint density at radius 3 is 2.68 bits per heavy atom. The van der Waals surface area contributed by atoms with Gasteiger partial charge in [0.2, 0.25) is 0 Å². The van der Waals surface area contributed by atoms with Crippen LogP contribution in [0.4, 0.5) is 10.1 Å². The van der Waals surface area contributed by atoms with Crippen molar-refractivity contribution in [1.29, 1.82) is 0 Å². The number of nitrogens with one attached hydrogen (secondary N) is 1. The van der Waals surface area contributed by atoms with E-state index in [1.807, 2.05) is 0 Å². The number of carbonyl (C=O) groups excluding carboxylic acids is 1. The van der Waals surface area contributed by atoms with Crippen molar-refractivity contribution >= 4 is 22.6 Å².